The number of benzene rings is 1. The van der Waals surface area contributed by atoms with Crippen molar-refractivity contribution in [1.29, 1.82) is 0 Å². The van der Waals surface area contributed by atoms with Crippen LogP contribution >= 0.6 is 11.6 Å². The van der Waals surface area contributed by atoms with Gasteiger partial charge < -0.3 is 14.7 Å². The maximum Gasteiger partial charge on any atom is 0.252 e. The van der Waals surface area contributed by atoms with E-state index in [1.165, 1.54) is 0 Å². The third kappa shape index (κ3) is 4.27. The number of rotatable bonds is 5. The smallest absolute Gasteiger partial charge is 0.252 e. The molecule has 0 bridgehead atoms. The van der Waals surface area contributed by atoms with Gasteiger partial charge in [0, 0.05) is 36.8 Å². The molecule has 3 aromatic rings. The molecule has 1 fully saturated rings. The van der Waals surface area contributed by atoms with Crippen molar-refractivity contribution in [3.05, 3.63) is 64.6 Å². The van der Waals surface area contributed by atoms with Crippen LogP contribution in [0.1, 0.15) is 17.0 Å². The average Bonchev–Trinajstić information content (AvgIpc) is 3.20. The Hall–Kier alpha value is -2.48. The molecule has 0 amide bonds. The highest BCUT2D eigenvalue weighted by Crippen LogP contribution is 2.19. The van der Waals surface area contributed by atoms with E-state index >= 15 is 0 Å². The van der Waals surface area contributed by atoms with E-state index in [1.54, 1.807) is 16.9 Å². The fourth-order valence-electron chi connectivity index (χ4n) is 2.99. The number of anilines is 1. The largest absolute Gasteiger partial charge is 0.390 e. The van der Waals surface area contributed by atoms with Crippen molar-refractivity contribution in [3.8, 4) is 5.95 Å². The quantitative estimate of drug-likeness (QED) is 0.725. The van der Waals surface area contributed by atoms with Crippen LogP contribution in [0, 0.1) is 0 Å². The van der Waals surface area contributed by atoms with E-state index in [-0.39, 0.29) is 6.61 Å². The van der Waals surface area contributed by atoms with Crippen molar-refractivity contribution in [2.24, 2.45) is 0 Å². The van der Waals surface area contributed by atoms with Crippen molar-refractivity contribution < 1.29 is 9.84 Å². The van der Waals surface area contributed by atoms with Gasteiger partial charge in [-0.25, -0.2) is 9.67 Å². The van der Waals surface area contributed by atoms with E-state index in [1.807, 2.05) is 30.3 Å². The van der Waals surface area contributed by atoms with Crippen LogP contribution in [-0.4, -0.2) is 51.2 Å². The fraction of sp³-hybridized carbons (Fsp3) is 0.316. The van der Waals surface area contributed by atoms with Crippen LogP contribution < -0.4 is 4.90 Å². The topological polar surface area (TPSA) is 76.3 Å². The Kier molecular flexibility index (Phi) is 5.33. The summed E-state index contributed by atoms with van der Waals surface area (Å²) >= 11 is 5.99. The minimum Gasteiger partial charge on any atom is -0.390 e. The summed E-state index contributed by atoms with van der Waals surface area (Å²) in [5.41, 5.74) is 2.59. The van der Waals surface area contributed by atoms with Crippen molar-refractivity contribution in [1.82, 2.24) is 19.7 Å². The lowest BCUT2D eigenvalue weighted by Gasteiger charge is -2.28. The number of morpholine rings is 1. The number of nitrogens with zero attached hydrogens (tertiary/aromatic N) is 5. The molecule has 1 N–H and O–H groups in total. The predicted octanol–water partition coefficient (Wildman–Crippen LogP) is 2.24. The van der Waals surface area contributed by atoms with E-state index in [0.717, 1.165) is 30.2 Å². The second kappa shape index (κ2) is 8.04. The molecule has 27 heavy (non-hydrogen) atoms. The zero-order valence-electron chi connectivity index (χ0n) is 14.8. The molecule has 3 heterocycles. The van der Waals surface area contributed by atoms with Crippen molar-refractivity contribution in [3.63, 3.8) is 0 Å². The maximum absolute atomic E-state index is 9.28. The summed E-state index contributed by atoms with van der Waals surface area (Å²) in [6.45, 7) is 2.83. The second-order valence-corrected chi connectivity index (χ2v) is 6.77. The SMILES string of the molecule is OCc1ccn(-c2nc(Cc3ccc(Cl)cc3)cc(N3CCOCC3)n2)n1. The standard InChI is InChI=1S/C19H20ClN5O2/c20-15-3-1-14(2-4-15)11-17-12-18(24-7-9-27-10-8-24)22-19(21-17)25-6-5-16(13-26)23-25/h1-6,12,26H,7-11,13H2. The zero-order chi connectivity index (χ0) is 18.6. The van der Waals surface area contributed by atoms with Gasteiger partial charge in [-0.1, -0.05) is 23.7 Å². The first-order valence-electron chi connectivity index (χ1n) is 8.82. The number of hydrogen-bond acceptors (Lipinski definition) is 6. The molecule has 8 heteroatoms. The lowest BCUT2D eigenvalue weighted by atomic mass is 10.1. The van der Waals surface area contributed by atoms with Crippen LogP contribution in [0.25, 0.3) is 5.95 Å². The van der Waals surface area contributed by atoms with Crippen molar-refractivity contribution in [2.75, 3.05) is 31.2 Å². The van der Waals surface area contributed by atoms with Crippen LogP contribution in [0.5, 0.6) is 0 Å². The fourth-order valence-corrected chi connectivity index (χ4v) is 3.11. The van der Waals surface area contributed by atoms with Gasteiger partial charge in [-0.15, -0.1) is 0 Å². The maximum atomic E-state index is 9.28. The first-order valence-corrected chi connectivity index (χ1v) is 9.20. The highest BCUT2D eigenvalue weighted by molar-refractivity contribution is 6.30. The van der Waals surface area contributed by atoms with Crippen LogP contribution in [0.4, 0.5) is 5.82 Å². The zero-order valence-corrected chi connectivity index (χ0v) is 15.5. The summed E-state index contributed by atoms with van der Waals surface area (Å²) in [4.78, 5) is 11.6. The molecule has 1 saturated heterocycles. The lowest BCUT2D eigenvalue weighted by Crippen LogP contribution is -2.37. The van der Waals surface area contributed by atoms with E-state index in [4.69, 9.17) is 16.3 Å². The highest BCUT2D eigenvalue weighted by Gasteiger charge is 2.16. The molecule has 0 unspecified atom stereocenters. The average molecular weight is 386 g/mol. The number of aliphatic hydroxyl groups excluding tert-OH is 1. The molecular formula is C19H20ClN5O2. The van der Waals surface area contributed by atoms with E-state index in [0.29, 0.717) is 36.3 Å². The summed E-state index contributed by atoms with van der Waals surface area (Å²) in [7, 11) is 0. The van der Waals surface area contributed by atoms with Gasteiger partial charge in [0.1, 0.15) is 5.82 Å². The third-order valence-electron chi connectivity index (χ3n) is 4.40. The molecule has 0 saturated carbocycles. The van der Waals surface area contributed by atoms with Gasteiger partial charge in [0.25, 0.3) is 5.95 Å². The Labute approximate surface area is 162 Å². The summed E-state index contributed by atoms with van der Waals surface area (Å²) in [5, 5.41) is 14.3. The van der Waals surface area contributed by atoms with Gasteiger partial charge in [0.05, 0.1) is 31.2 Å². The molecule has 0 aliphatic carbocycles. The van der Waals surface area contributed by atoms with Gasteiger partial charge in [-0.3, -0.25) is 0 Å². The molecule has 0 radical (unpaired) electrons. The number of aromatic nitrogens is 4. The molecule has 1 aliphatic heterocycles. The van der Waals surface area contributed by atoms with Crippen LogP contribution in [-0.2, 0) is 17.8 Å². The van der Waals surface area contributed by atoms with Gasteiger partial charge >= 0.3 is 0 Å². The molecule has 7 nitrogen and oxygen atoms in total. The summed E-state index contributed by atoms with van der Waals surface area (Å²) < 4.78 is 7.05. The minimum absolute atomic E-state index is 0.117. The monoisotopic (exact) mass is 385 g/mol. The minimum atomic E-state index is -0.117. The number of halogens is 1. The molecule has 1 aromatic carbocycles. The summed E-state index contributed by atoms with van der Waals surface area (Å²) in [6, 6.07) is 11.5. The third-order valence-corrected chi connectivity index (χ3v) is 4.65. The predicted molar refractivity (Wildman–Crippen MR) is 102 cm³/mol. The van der Waals surface area contributed by atoms with Crippen LogP contribution in [0.2, 0.25) is 5.02 Å². The Balaban J connectivity index is 1.69. The van der Waals surface area contributed by atoms with Gasteiger partial charge in [0.2, 0.25) is 0 Å². The van der Waals surface area contributed by atoms with Gasteiger partial charge in [-0.05, 0) is 23.8 Å². The van der Waals surface area contributed by atoms with Crippen LogP contribution in [0.15, 0.2) is 42.6 Å². The normalized spacial score (nSPS) is 14.5. The molecule has 1 aliphatic rings. The lowest BCUT2D eigenvalue weighted by molar-refractivity contribution is 0.122. The molecule has 140 valence electrons. The van der Waals surface area contributed by atoms with Crippen molar-refractivity contribution >= 4 is 17.4 Å². The van der Waals surface area contributed by atoms with E-state index < -0.39 is 0 Å². The van der Waals surface area contributed by atoms with Gasteiger partial charge in [-0.2, -0.15) is 10.1 Å². The number of hydrogen-bond donors (Lipinski definition) is 1. The first kappa shape index (κ1) is 17.9. The van der Waals surface area contributed by atoms with Crippen molar-refractivity contribution in [2.45, 2.75) is 13.0 Å². The Morgan fingerprint density at radius 3 is 2.52 bits per heavy atom. The van der Waals surface area contributed by atoms with Crippen LogP contribution in [0.3, 0.4) is 0 Å². The molecule has 0 spiro atoms. The molecule has 4 rings (SSSR count). The van der Waals surface area contributed by atoms with E-state index in [9.17, 15) is 5.11 Å². The van der Waals surface area contributed by atoms with E-state index in [2.05, 4.69) is 20.0 Å². The molecule has 2 aromatic heterocycles. The summed E-state index contributed by atoms with van der Waals surface area (Å²) in [5.74, 6) is 1.34. The Morgan fingerprint density at radius 1 is 1.04 bits per heavy atom. The molecule has 0 atom stereocenters. The Morgan fingerprint density at radius 2 is 1.81 bits per heavy atom. The second-order valence-electron chi connectivity index (χ2n) is 6.33. The summed E-state index contributed by atoms with van der Waals surface area (Å²) in [6.07, 6.45) is 2.42. The number of aliphatic hydroxyl groups is 1. The first-order chi connectivity index (χ1) is 13.2. The Bertz CT molecular complexity index is 907. The number of ether oxygens (including phenoxy) is 1. The van der Waals surface area contributed by atoms with Gasteiger partial charge in [0.15, 0.2) is 0 Å². The highest BCUT2D eigenvalue weighted by atomic mass is 35.5. The molecular weight excluding hydrogens is 366 g/mol.